The van der Waals surface area contributed by atoms with Crippen molar-refractivity contribution in [3.05, 3.63) is 53.2 Å². The van der Waals surface area contributed by atoms with Gasteiger partial charge in [0.25, 0.3) is 10.0 Å². The average Bonchev–Trinajstić information content (AvgIpc) is 2.39. The second kappa shape index (κ2) is 5.56. The number of benzene rings is 1. The molecule has 0 aliphatic rings. The number of halogens is 1. The Morgan fingerprint density at radius 1 is 1.26 bits per heavy atom. The Hall–Kier alpha value is -1.63. The number of sulfonamides is 1. The first kappa shape index (κ1) is 13.8. The Morgan fingerprint density at radius 2 is 2.05 bits per heavy atom. The third-order valence-electron chi connectivity index (χ3n) is 2.42. The van der Waals surface area contributed by atoms with Crippen LogP contribution in [0.5, 0.6) is 0 Å². The highest BCUT2D eigenvalue weighted by molar-refractivity contribution is 7.92. The van der Waals surface area contributed by atoms with E-state index in [2.05, 4.69) is 9.71 Å². The molecule has 1 aromatic heterocycles. The van der Waals surface area contributed by atoms with E-state index in [1.807, 2.05) is 0 Å². The number of anilines is 1. The van der Waals surface area contributed by atoms with Crippen LogP contribution in [0.1, 0.15) is 5.56 Å². The number of nitrogens with one attached hydrogen (secondary N) is 1. The van der Waals surface area contributed by atoms with Crippen molar-refractivity contribution in [3.63, 3.8) is 0 Å². The van der Waals surface area contributed by atoms with Crippen LogP contribution in [0.2, 0.25) is 5.02 Å². The fourth-order valence-electron chi connectivity index (χ4n) is 1.50. The highest BCUT2D eigenvalue weighted by atomic mass is 35.5. The van der Waals surface area contributed by atoms with Gasteiger partial charge < -0.3 is 5.73 Å². The maximum atomic E-state index is 12.2. The Kier molecular flexibility index (Phi) is 4.04. The van der Waals surface area contributed by atoms with Gasteiger partial charge in [-0.3, -0.25) is 4.72 Å². The predicted molar refractivity (Wildman–Crippen MR) is 74.4 cm³/mol. The zero-order valence-corrected chi connectivity index (χ0v) is 11.4. The molecule has 0 saturated carbocycles. The molecule has 0 unspecified atom stereocenters. The molecule has 0 bridgehead atoms. The molecule has 1 aromatic carbocycles. The summed E-state index contributed by atoms with van der Waals surface area (Å²) in [5.41, 5.74) is 6.18. The first-order chi connectivity index (χ1) is 9.03. The summed E-state index contributed by atoms with van der Waals surface area (Å²) in [6, 6.07) is 9.58. The van der Waals surface area contributed by atoms with E-state index in [0.29, 0.717) is 5.56 Å². The molecular formula is C12H12ClN3O2S. The average molecular weight is 298 g/mol. The summed E-state index contributed by atoms with van der Waals surface area (Å²) in [6.07, 6.45) is 1.50. The van der Waals surface area contributed by atoms with Gasteiger partial charge in [-0.25, -0.2) is 13.4 Å². The van der Waals surface area contributed by atoms with E-state index in [1.54, 1.807) is 24.3 Å². The summed E-state index contributed by atoms with van der Waals surface area (Å²) in [5, 5.41) is 0.139. The van der Waals surface area contributed by atoms with Crippen LogP contribution < -0.4 is 10.5 Å². The number of hydrogen-bond acceptors (Lipinski definition) is 4. The summed E-state index contributed by atoms with van der Waals surface area (Å²) in [6.45, 7) is 0.239. The minimum absolute atomic E-state index is 0.0113. The van der Waals surface area contributed by atoms with E-state index >= 15 is 0 Å². The van der Waals surface area contributed by atoms with E-state index in [4.69, 9.17) is 17.3 Å². The summed E-state index contributed by atoms with van der Waals surface area (Å²) >= 11 is 5.92. The van der Waals surface area contributed by atoms with Crippen LogP contribution in [0.25, 0.3) is 0 Å². The molecule has 2 rings (SSSR count). The third-order valence-corrected chi connectivity index (χ3v) is 4.26. The molecule has 2 aromatic rings. The lowest BCUT2D eigenvalue weighted by molar-refractivity contribution is 0.601. The Balaban J connectivity index is 2.39. The summed E-state index contributed by atoms with van der Waals surface area (Å²) < 4.78 is 26.8. The lowest BCUT2D eigenvalue weighted by Gasteiger charge is -2.09. The second-order valence-corrected chi connectivity index (χ2v) is 5.85. The molecule has 0 amide bonds. The molecule has 0 radical (unpaired) electrons. The van der Waals surface area contributed by atoms with Crippen LogP contribution in [0.3, 0.4) is 0 Å². The van der Waals surface area contributed by atoms with Crippen molar-refractivity contribution in [3.8, 4) is 0 Å². The van der Waals surface area contributed by atoms with E-state index in [1.165, 1.54) is 18.3 Å². The Bertz CT molecular complexity index is 675. The number of nitrogens with zero attached hydrogens (tertiary/aromatic N) is 1. The first-order valence-electron chi connectivity index (χ1n) is 5.45. The molecular weight excluding hydrogens is 286 g/mol. The largest absolute Gasteiger partial charge is 0.326 e. The van der Waals surface area contributed by atoms with Crippen LogP contribution in [0.4, 0.5) is 5.82 Å². The SMILES string of the molecule is NCc1ccc(Cl)c(S(=O)(=O)Nc2ccccn2)c1. The summed E-state index contributed by atoms with van der Waals surface area (Å²) in [4.78, 5) is 3.89. The Labute approximate surface area is 116 Å². The van der Waals surface area contributed by atoms with E-state index in [-0.39, 0.29) is 22.3 Å². The van der Waals surface area contributed by atoms with Crippen LogP contribution in [0.15, 0.2) is 47.5 Å². The van der Waals surface area contributed by atoms with E-state index in [0.717, 1.165) is 0 Å². The van der Waals surface area contributed by atoms with Crippen LogP contribution in [0, 0.1) is 0 Å². The number of aromatic nitrogens is 1. The van der Waals surface area contributed by atoms with Gasteiger partial charge in [0.2, 0.25) is 0 Å². The fourth-order valence-corrected chi connectivity index (χ4v) is 3.06. The molecule has 1 heterocycles. The standard InChI is InChI=1S/C12H12ClN3O2S/c13-10-5-4-9(8-14)7-11(10)19(17,18)16-12-3-1-2-6-15-12/h1-7H,8,14H2,(H,15,16). The molecule has 5 nitrogen and oxygen atoms in total. The van der Waals surface area contributed by atoms with Gasteiger partial charge in [-0.15, -0.1) is 0 Å². The van der Waals surface area contributed by atoms with Crippen molar-refractivity contribution in [2.24, 2.45) is 5.73 Å². The van der Waals surface area contributed by atoms with E-state index in [9.17, 15) is 8.42 Å². The van der Waals surface area contributed by atoms with Crippen molar-refractivity contribution in [1.82, 2.24) is 4.98 Å². The monoisotopic (exact) mass is 297 g/mol. The summed E-state index contributed by atoms with van der Waals surface area (Å²) in [5.74, 6) is 0.233. The molecule has 3 N–H and O–H groups in total. The van der Waals surface area contributed by atoms with Crippen molar-refractivity contribution in [2.45, 2.75) is 11.4 Å². The highest BCUT2D eigenvalue weighted by Gasteiger charge is 2.18. The molecule has 7 heteroatoms. The Morgan fingerprint density at radius 3 is 2.68 bits per heavy atom. The molecule has 19 heavy (non-hydrogen) atoms. The van der Waals surface area contributed by atoms with Crippen LogP contribution in [-0.2, 0) is 16.6 Å². The molecule has 0 aliphatic heterocycles. The lowest BCUT2D eigenvalue weighted by Crippen LogP contribution is -2.15. The summed E-state index contributed by atoms with van der Waals surface area (Å²) in [7, 11) is -3.78. The third kappa shape index (κ3) is 3.23. The van der Waals surface area contributed by atoms with Gasteiger partial charge in [-0.05, 0) is 29.8 Å². The lowest BCUT2D eigenvalue weighted by atomic mass is 10.2. The van der Waals surface area contributed by atoms with E-state index < -0.39 is 10.0 Å². The molecule has 100 valence electrons. The molecule has 0 spiro atoms. The van der Waals surface area contributed by atoms with Gasteiger partial charge in [-0.2, -0.15) is 0 Å². The highest BCUT2D eigenvalue weighted by Crippen LogP contribution is 2.24. The van der Waals surface area contributed by atoms with Crippen LogP contribution in [-0.4, -0.2) is 13.4 Å². The topological polar surface area (TPSA) is 85.1 Å². The molecule has 0 saturated heterocycles. The molecule has 0 aliphatic carbocycles. The van der Waals surface area contributed by atoms with Crippen LogP contribution >= 0.6 is 11.6 Å². The van der Waals surface area contributed by atoms with Crippen molar-refractivity contribution in [2.75, 3.05) is 4.72 Å². The van der Waals surface area contributed by atoms with Gasteiger partial charge in [0.15, 0.2) is 0 Å². The van der Waals surface area contributed by atoms with Gasteiger partial charge >= 0.3 is 0 Å². The van der Waals surface area contributed by atoms with Gasteiger partial charge in [-0.1, -0.05) is 23.7 Å². The number of hydrogen-bond donors (Lipinski definition) is 2. The molecule has 0 fully saturated rings. The zero-order chi connectivity index (χ0) is 13.9. The zero-order valence-electron chi connectivity index (χ0n) is 9.88. The van der Waals surface area contributed by atoms with Gasteiger partial charge in [0, 0.05) is 12.7 Å². The minimum Gasteiger partial charge on any atom is -0.326 e. The van der Waals surface area contributed by atoms with Crippen molar-refractivity contribution >= 4 is 27.4 Å². The first-order valence-corrected chi connectivity index (χ1v) is 7.31. The smallest absolute Gasteiger partial charge is 0.264 e. The fraction of sp³-hybridized carbons (Fsp3) is 0.0833. The maximum absolute atomic E-state index is 12.2. The number of nitrogens with two attached hydrogens (primary N) is 1. The van der Waals surface area contributed by atoms with Gasteiger partial charge in [0.1, 0.15) is 10.7 Å². The quantitative estimate of drug-likeness (QED) is 0.904. The van der Waals surface area contributed by atoms with Crippen molar-refractivity contribution in [1.29, 1.82) is 0 Å². The van der Waals surface area contributed by atoms with Crippen molar-refractivity contribution < 1.29 is 8.42 Å². The normalized spacial score (nSPS) is 11.3. The minimum atomic E-state index is -3.78. The second-order valence-electron chi connectivity index (χ2n) is 3.79. The number of rotatable bonds is 4. The predicted octanol–water partition coefficient (Wildman–Crippen LogP) is 1.99. The number of pyridine rings is 1. The maximum Gasteiger partial charge on any atom is 0.264 e. The molecule has 0 atom stereocenters. The van der Waals surface area contributed by atoms with Gasteiger partial charge in [0.05, 0.1) is 5.02 Å².